The van der Waals surface area contributed by atoms with E-state index in [9.17, 15) is 19.1 Å². The molecule has 1 aliphatic rings. The van der Waals surface area contributed by atoms with Gasteiger partial charge in [0.25, 0.3) is 5.91 Å². The Morgan fingerprint density at radius 1 is 1.11 bits per heavy atom. The second-order valence-electron chi connectivity index (χ2n) is 7.31. The lowest BCUT2D eigenvalue weighted by Gasteiger charge is -2.16. The summed E-state index contributed by atoms with van der Waals surface area (Å²) >= 11 is 0. The Bertz CT molecular complexity index is 842. The predicted molar refractivity (Wildman–Crippen MR) is 101 cm³/mol. The van der Waals surface area contributed by atoms with E-state index < -0.39 is 5.97 Å². The molecule has 2 N–H and O–H groups in total. The molecule has 0 saturated heterocycles. The Kier molecular flexibility index (Phi) is 5.63. The number of aliphatic carboxylic acids is 1. The van der Waals surface area contributed by atoms with Crippen molar-refractivity contribution in [3.05, 3.63) is 53.1 Å². The second-order valence-corrected chi connectivity index (χ2v) is 7.31. The van der Waals surface area contributed by atoms with Gasteiger partial charge in [0.05, 0.1) is 11.5 Å². The third-order valence-electron chi connectivity index (χ3n) is 5.41. The van der Waals surface area contributed by atoms with Gasteiger partial charge in [0.1, 0.15) is 5.82 Å². The molecular weight excluding hydrogens is 347 g/mol. The second kappa shape index (κ2) is 7.94. The van der Waals surface area contributed by atoms with Crippen LogP contribution in [0.25, 0.3) is 5.69 Å². The van der Waals surface area contributed by atoms with E-state index in [0.29, 0.717) is 24.8 Å². The number of hydrogen-bond donors (Lipinski definition) is 2. The lowest BCUT2D eigenvalue weighted by atomic mass is 10.0. The van der Waals surface area contributed by atoms with E-state index >= 15 is 0 Å². The summed E-state index contributed by atoms with van der Waals surface area (Å²) in [5.74, 6) is -1.50. The third-order valence-corrected chi connectivity index (χ3v) is 5.41. The van der Waals surface area contributed by atoms with E-state index in [1.165, 1.54) is 12.1 Å². The highest BCUT2D eigenvalue weighted by Crippen LogP contribution is 2.25. The van der Waals surface area contributed by atoms with Gasteiger partial charge in [0, 0.05) is 23.1 Å². The van der Waals surface area contributed by atoms with Crippen LogP contribution in [0.15, 0.2) is 30.3 Å². The molecule has 0 radical (unpaired) electrons. The highest BCUT2D eigenvalue weighted by atomic mass is 19.1. The van der Waals surface area contributed by atoms with Crippen LogP contribution in [0, 0.1) is 25.6 Å². The molecular formula is C21H25FN2O3. The van der Waals surface area contributed by atoms with Crippen LogP contribution in [0.2, 0.25) is 0 Å². The first-order chi connectivity index (χ1) is 12.9. The summed E-state index contributed by atoms with van der Waals surface area (Å²) in [5, 5.41) is 12.3. The van der Waals surface area contributed by atoms with Crippen LogP contribution in [-0.2, 0) is 4.79 Å². The van der Waals surface area contributed by atoms with Gasteiger partial charge >= 0.3 is 5.97 Å². The number of carboxylic acid groups (broad SMARTS) is 1. The predicted octanol–water partition coefficient (Wildman–Crippen LogP) is 4.00. The average molecular weight is 372 g/mol. The van der Waals surface area contributed by atoms with Gasteiger partial charge in [0.15, 0.2) is 0 Å². The van der Waals surface area contributed by atoms with Crippen LogP contribution in [0.1, 0.15) is 53.8 Å². The van der Waals surface area contributed by atoms with Crippen molar-refractivity contribution in [1.82, 2.24) is 9.88 Å². The van der Waals surface area contributed by atoms with E-state index in [4.69, 9.17) is 0 Å². The molecule has 5 nitrogen and oxygen atoms in total. The van der Waals surface area contributed by atoms with Crippen molar-refractivity contribution in [2.24, 2.45) is 5.92 Å². The van der Waals surface area contributed by atoms with Gasteiger partial charge in [-0.05, 0) is 69.9 Å². The Morgan fingerprint density at radius 3 is 2.48 bits per heavy atom. The van der Waals surface area contributed by atoms with Crippen LogP contribution in [0.4, 0.5) is 4.39 Å². The van der Waals surface area contributed by atoms with Crippen LogP contribution in [0.5, 0.6) is 0 Å². The van der Waals surface area contributed by atoms with Crippen molar-refractivity contribution < 1.29 is 19.1 Å². The van der Waals surface area contributed by atoms with Crippen molar-refractivity contribution in [3.8, 4) is 5.69 Å². The Labute approximate surface area is 158 Å². The van der Waals surface area contributed by atoms with Crippen LogP contribution >= 0.6 is 0 Å². The molecule has 1 saturated carbocycles. The monoisotopic (exact) mass is 372 g/mol. The first kappa shape index (κ1) is 19.1. The van der Waals surface area contributed by atoms with Crippen LogP contribution in [-0.4, -0.2) is 27.6 Å². The lowest BCUT2D eigenvalue weighted by Crippen LogP contribution is -2.34. The summed E-state index contributed by atoms with van der Waals surface area (Å²) in [6.07, 6.45) is 3.54. The zero-order valence-electron chi connectivity index (χ0n) is 15.7. The maximum absolute atomic E-state index is 13.2. The normalized spacial score (nSPS) is 20.1. The van der Waals surface area contributed by atoms with Gasteiger partial charge in [-0.25, -0.2) is 4.39 Å². The molecule has 0 aliphatic heterocycles. The summed E-state index contributed by atoms with van der Waals surface area (Å²) in [4.78, 5) is 24.0. The van der Waals surface area contributed by atoms with E-state index in [1.807, 2.05) is 24.5 Å². The summed E-state index contributed by atoms with van der Waals surface area (Å²) in [7, 11) is 0. The summed E-state index contributed by atoms with van der Waals surface area (Å²) in [6.45, 7) is 3.79. The fraction of sp³-hybridized carbons (Fsp3) is 0.429. The largest absolute Gasteiger partial charge is 0.481 e. The molecule has 3 rings (SSSR count). The topological polar surface area (TPSA) is 71.3 Å². The van der Waals surface area contributed by atoms with Crippen molar-refractivity contribution in [2.75, 3.05) is 0 Å². The van der Waals surface area contributed by atoms with Gasteiger partial charge in [-0.3, -0.25) is 9.59 Å². The number of nitrogens with zero attached hydrogens (tertiary/aromatic N) is 1. The lowest BCUT2D eigenvalue weighted by molar-refractivity contribution is -0.142. The maximum atomic E-state index is 13.2. The Balaban J connectivity index is 1.75. The smallest absolute Gasteiger partial charge is 0.306 e. The third kappa shape index (κ3) is 4.21. The van der Waals surface area contributed by atoms with Crippen molar-refractivity contribution in [3.63, 3.8) is 0 Å². The number of benzene rings is 1. The summed E-state index contributed by atoms with van der Waals surface area (Å²) in [5.41, 5.74) is 3.10. The molecule has 144 valence electrons. The number of hydrogen-bond acceptors (Lipinski definition) is 2. The molecule has 2 aromatic rings. The Morgan fingerprint density at radius 2 is 1.81 bits per heavy atom. The van der Waals surface area contributed by atoms with Gasteiger partial charge in [-0.15, -0.1) is 0 Å². The van der Waals surface area contributed by atoms with E-state index in [1.54, 1.807) is 12.1 Å². The Hall–Kier alpha value is -2.63. The summed E-state index contributed by atoms with van der Waals surface area (Å²) in [6, 6.07) is 8.01. The first-order valence-electron chi connectivity index (χ1n) is 9.35. The SMILES string of the molecule is Cc1cc(C(=O)NC2CCCC(C(=O)O)CC2)c(C)n1-c1ccc(F)cc1. The fourth-order valence-corrected chi connectivity index (χ4v) is 3.94. The molecule has 1 aromatic carbocycles. The molecule has 0 bridgehead atoms. The molecule has 1 aromatic heterocycles. The first-order valence-corrected chi connectivity index (χ1v) is 9.35. The number of aromatic nitrogens is 1. The molecule has 1 heterocycles. The zero-order valence-corrected chi connectivity index (χ0v) is 15.7. The highest BCUT2D eigenvalue weighted by Gasteiger charge is 2.25. The number of halogens is 1. The van der Waals surface area contributed by atoms with Crippen LogP contribution < -0.4 is 5.32 Å². The molecule has 1 amide bonds. The number of aryl methyl sites for hydroxylation is 1. The summed E-state index contributed by atoms with van der Waals surface area (Å²) < 4.78 is 15.1. The number of amides is 1. The number of rotatable bonds is 4. The number of carbonyl (C=O) groups excluding carboxylic acids is 1. The number of carboxylic acids is 1. The van der Waals surface area contributed by atoms with Crippen LogP contribution in [0.3, 0.4) is 0 Å². The van der Waals surface area contributed by atoms with Gasteiger partial charge in [-0.2, -0.15) is 0 Å². The molecule has 1 fully saturated rings. The number of carbonyl (C=O) groups is 2. The molecule has 0 spiro atoms. The van der Waals surface area contributed by atoms with Gasteiger partial charge in [0.2, 0.25) is 0 Å². The van der Waals surface area contributed by atoms with Gasteiger partial charge < -0.3 is 15.0 Å². The minimum atomic E-state index is -0.746. The van der Waals surface area contributed by atoms with Crippen molar-refractivity contribution >= 4 is 11.9 Å². The molecule has 1 aliphatic carbocycles. The molecule has 2 atom stereocenters. The van der Waals surface area contributed by atoms with Crippen molar-refractivity contribution in [1.29, 1.82) is 0 Å². The quantitative estimate of drug-likeness (QED) is 0.797. The maximum Gasteiger partial charge on any atom is 0.306 e. The van der Waals surface area contributed by atoms with E-state index in [2.05, 4.69) is 5.32 Å². The minimum absolute atomic E-state index is 0.00396. The standard InChI is InChI=1S/C21H25FN2O3/c1-13-12-19(14(2)24(13)18-10-7-16(22)8-11-18)20(25)23-17-5-3-4-15(6-9-17)21(26)27/h7-8,10-12,15,17H,3-6,9H2,1-2H3,(H,23,25)(H,26,27). The molecule has 6 heteroatoms. The molecule has 27 heavy (non-hydrogen) atoms. The fourth-order valence-electron chi connectivity index (χ4n) is 3.94. The average Bonchev–Trinajstić information content (AvgIpc) is 2.79. The van der Waals surface area contributed by atoms with Crippen molar-refractivity contribution in [2.45, 2.75) is 52.0 Å². The highest BCUT2D eigenvalue weighted by molar-refractivity contribution is 5.96. The van der Waals surface area contributed by atoms with Gasteiger partial charge in [-0.1, -0.05) is 6.42 Å². The number of nitrogens with one attached hydrogen (secondary N) is 1. The van der Waals surface area contributed by atoms with E-state index in [0.717, 1.165) is 29.9 Å². The molecule has 2 unspecified atom stereocenters. The minimum Gasteiger partial charge on any atom is -0.481 e. The zero-order chi connectivity index (χ0) is 19.6. The van der Waals surface area contributed by atoms with E-state index in [-0.39, 0.29) is 23.7 Å².